The fourth-order valence-corrected chi connectivity index (χ4v) is 3.99. The van der Waals surface area contributed by atoms with Crippen LogP contribution < -0.4 is 10.6 Å². The lowest BCUT2D eigenvalue weighted by atomic mass is 9.93. The Kier molecular flexibility index (Phi) is 6.67. The van der Waals surface area contributed by atoms with Gasteiger partial charge >= 0.3 is 0 Å². The smallest absolute Gasteiger partial charge is 0.223 e. The van der Waals surface area contributed by atoms with Gasteiger partial charge in [0.2, 0.25) is 11.8 Å². The summed E-state index contributed by atoms with van der Waals surface area (Å²) in [6.07, 6.45) is 5.05. The first-order chi connectivity index (χ1) is 12.6. The third kappa shape index (κ3) is 5.07. The van der Waals surface area contributed by atoms with Crippen LogP contribution in [0.15, 0.2) is 30.3 Å². The third-order valence-electron chi connectivity index (χ3n) is 5.78. The van der Waals surface area contributed by atoms with Gasteiger partial charge in [-0.2, -0.15) is 0 Å². The van der Waals surface area contributed by atoms with Crippen molar-refractivity contribution in [3.05, 3.63) is 35.9 Å². The normalized spacial score (nSPS) is 24.3. The van der Waals surface area contributed by atoms with Crippen molar-refractivity contribution in [3.8, 4) is 0 Å². The lowest BCUT2D eigenvalue weighted by Crippen LogP contribution is -2.54. The molecule has 0 saturated carbocycles. The Balaban J connectivity index is 1.40. The zero-order chi connectivity index (χ0) is 18.4. The van der Waals surface area contributed by atoms with Crippen molar-refractivity contribution >= 4 is 11.8 Å². The van der Waals surface area contributed by atoms with Gasteiger partial charge in [0.15, 0.2) is 0 Å². The number of piperidine rings is 2. The number of carbonyl (C=O) groups excluding carboxylic acids is 2. The van der Waals surface area contributed by atoms with Crippen LogP contribution in [0.5, 0.6) is 0 Å². The molecule has 3 rings (SSSR count). The second kappa shape index (κ2) is 9.17. The van der Waals surface area contributed by atoms with Crippen LogP contribution in [0.4, 0.5) is 0 Å². The van der Waals surface area contributed by atoms with E-state index in [1.54, 1.807) is 0 Å². The first kappa shape index (κ1) is 18.9. The average Bonchev–Trinajstić information content (AvgIpc) is 2.69. The monoisotopic (exact) mass is 357 g/mol. The Hall–Kier alpha value is -1.88. The summed E-state index contributed by atoms with van der Waals surface area (Å²) in [4.78, 5) is 26.9. The molecule has 0 aromatic heterocycles. The second-order valence-electron chi connectivity index (χ2n) is 7.64. The van der Waals surface area contributed by atoms with E-state index in [1.807, 2.05) is 23.1 Å². The van der Waals surface area contributed by atoms with Crippen LogP contribution in [0.1, 0.15) is 44.6 Å². The van der Waals surface area contributed by atoms with Crippen molar-refractivity contribution in [2.24, 2.45) is 5.92 Å². The fraction of sp³-hybridized carbons (Fsp3) is 0.619. The highest BCUT2D eigenvalue weighted by Gasteiger charge is 2.30. The fourth-order valence-electron chi connectivity index (χ4n) is 3.99. The molecule has 2 N–H and O–H groups in total. The van der Waals surface area contributed by atoms with Crippen LogP contribution in [0.2, 0.25) is 0 Å². The SMILES string of the molecule is CC1NCCCC1NC(=O)C1CCN(C(=O)CCc2ccccc2)CC1. The molecule has 2 saturated heterocycles. The van der Waals surface area contributed by atoms with E-state index < -0.39 is 0 Å². The highest BCUT2D eigenvalue weighted by molar-refractivity contribution is 5.80. The lowest BCUT2D eigenvalue weighted by molar-refractivity contribution is -0.135. The molecule has 2 aliphatic heterocycles. The predicted octanol–water partition coefficient (Wildman–Crippen LogP) is 2.11. The van der Waals surface area contributed by atoms with Crippen molar-refractivity contribution < 1.29 is 9.59 Å². The molecule has 0 aliphatic carbocycles. The van der Waals surface area contributed by atoms with Gasteiger partial charge in [-0.25, -0.2) is 0 Å². The molecule has 0 spiro atoms. The number of hydrogen-bond donors (Lipinski definition) is 2. The number of nitrogens with one attached hydrogen (secondary N) is 2. The second-order valence-corrected chi connectivity index (χ2v) is 7.64. The number of benzene rings is 1. The van der Waals surface area contributed by atoms with E-state index in [-0.39, 0.29) is 23.8 Å². The Labute approximate surface area is 156 Å². The van der Waals surface area contributed by atoms with Gasteiger partial charge in [0.1, 0.15) is 0 Å². The van der Waals surface area contributed by atoms with Gasteiger partial charge in [-0.15, -0.1) is 0 Å². The Morgan fingerprint density at radius 3 is 2.58 bits per heavy atom. The van der Waals surface area contributed by atoms with E-state index in [2.05, 4.69) is 29.7 Å². The Bertz CT molecular complexity index is 597. The molecule has 2 aliphatic rings. The number of likely N-dealkylation sites (tertiary alicyclic amines) is 1. The summed E-state index contributed by atoms with van der Waals surface area (Å²) in [6.45, 7) is 4.57. The maximum Gasteiger partial charge on any atom is 0.223 e. The van der Waals surface area contributed by atoms with Gasteiger partial charge in [-0.1, -0.05) is 30.3 Å². The highest BCUT2D eigenvalue weighted by Crippen LogP contribution is 2.20. The van der Waals surface area contributed by atoms with Gasteiger partial charge in [0.25, 0.3) is 0 Å². The molecule has 0 bridgehead atoms. The summed E-state index contributed by atoms with van der Waals surface area (Å²) in [5.41, 5.74) is 1.20. The zero-order valence-corrected chi connectivity index (χ0v) is 15.7. The number of nitrogens with zero attached hydrogens (tertiary/aromatic N) is 1. The largest absolute Gasteiger partial charge is 0.352 e. The number of rotatable bonds is 5. The van der Waals surface area contributed by atoms with Crippen LogP contribution in [0.3, 0.4) is 0 Å². The predicted molar refractivity (Wildman–Crippen MR) is 103 cm³/mol. The van der Waals surface area contributed by atoms with Crippen molar-refractivity contribution in [1.29, 1.82) is 0 Å². The molecule has 5 heteroatoms. The summed E-state index contributed by atoms with van der Waals surface area (Å²) in [5, 5.41) is 6.65. The standard InChI is InChI=1S/C21H31N3O2/c1-16-19(8-5-13-22-16)23-21(26)18-11-14-24(15-12-18)20(25)10-9-17-6-3-2-4-7-17/h2-4,6-7,16,18-19,22H,5,8-15H2,1H3,(H,23,26). The van der Waals surface area contributed by atoms with Crippen LogP contribution in [0.25, 0.3) is 0 Å². The lowest BCUT2D eigenvalue weighted by Gasteiger charge is -2.35. The summed E-state index contributed by atoms with van der Waals surface area (Å²) < 4.78 is 0. The molecule has 142 valence electrons. The molecular weight excluding hydrogens is 326 g/mol. The van der Waals surface area contributed by atoms with E-state index in [9.17, 15) is 9.59 Å². The molecule has 0 radical (unpaired) electrons. The van der Waals surface area contributed by atoms with Gasteiger partial charge < -0.3 is 15.5 Å². The molecular formula is C21H31N3O2. The van der Waals surface area contributed by atoms with Gasteiger partial charge in [-0.3, -0.25) is 9.59 Å². The number of carbonyl (C=O) groups is 2. The number of hydrogen-bond acceptors (Lipinski definition) is 3. The Morgan fingerprint density at radius 1 is 1.15 bits per heavy atom. The molecule has 1 aromatic rings. The highest BCUT2D eigenvalue weighted by atomic mass is 16.2. The molecule has 2 atom stereocenters. The van der Waals surface area contributed by atoms with Gasteiger partial charge in [0, 0.05) is 37.5 Å². The van der Waals surface area contributed by atoms with E-state index in [0.29, 0.717) is 25.6 Å². The molecule has 5 nitrogen and oxygen atoms in total. The topological polar surface area (TPSA) is 61.4 Å². The first-order valence-electron chi connectivity index (χ1n) is 9.99. The van der Waals surface area contributed by atoms with Crippen LogP contribution >= 0.6 is 0 Å². The third-order valence-corrected chi connectivity index (χ3v) is 5.78. The number of amides is 2. The first-order valence-corrected chi connectivity index (χ1v) is 9.99. The minimum Gasteiger partial charge on any atom is -0.352 e. The van der Waals surface area contributed by atoms with Crippen LogP contribution in [-0.4, -0.2) is 48.4 Å². The molecule has 26 heavy (non-hydrogen) atoms. The van der Waals surface area contributed by atoms with Gasteiger partial charge in [0.05, 0.1) is 0 Å². The number of aryl methyl sites for hydroxylation is 1. The summed E-state index contributed by atoms with van der Waals surface area (Å²) in [6, 6.07) is 10.7. The summed E-state index contributed by atoms with van der Waals surface area (Å²) >= 11 is 0. The van der Waals surface area contributed by atoms with Crippen molar-refractivity contribution in [2.45, 2.75) is 57.5 Å². The van der Waals surface area contributed by atoms with E-state index in [0.717, 1.165) is 38.6 Å². The minimum atomic E-state index is 0.0438. The summed E-state index contributed by atoms with van der Waals surface area (Å²) in [5.74, 6) is 0.419. The average molecular weight is 357 g/mol. The summed E-state index contributed by atoms with van der Waals surface area (Å²) in [7, 11) is 0. The van der Waals surface area contributed by atoms with Crippen molar-refractivity contribution in [3.63, 3.8) is 0 Å². The van der Waals surface area contributed by atoms with Gasteiger partial charge in [-0.05, 0) is 51.1 Å². The maximum atomic E-state index is 12.6. The molecule has 2 amide bonds. The minimum absolute atomic E-state index is 0.0438. The maximum absolute atomic E-state index is 12.6. The zero-order valence-electron chi connectivity index (χ0n) is 15.7. The Morgan fingerprint density at radius 2 is 1.88 bits per heavy atom. The van der Waals surface area contributed by atoms with Crippen LogP contribution in [-0.2, 0) is 16.0 Å². The van der Waals surface area contributed by atoms with E-state index in [1.165, 1.54) is 5.56 Å². The molecule has 2 heterocycles. The van der Waals surface area contributed by atoms with Crippen molar-refractivity contribution in [1.82, 2.24) is 15.5 Å². The quantitative estimate of drug-likeness (QED) is 0.848. The molecule has 1 aromatic carbocycles. The van der Waals surface area contributed by atoms with Crippen LogP contribution in [0, 0.1) is 5.92 Å². The molecule has 2 unspecified atom stereocenters. The van der Waals surface area contributed by atoms with E-state index >= 15 is 0 Å². The van der Waals surface area contributed by atoms with Crippen molar-refractivity contribution in [2.75, 3.05) is 19.6 Å². The molecule has 2 fully saturated rings. The van der Waals surface area contributed by atoms with E-state index in [4.69, 9.17) is 0 Å².